The highest BCUT2D eigenvalue weighted by molar-refractivity contribution is 9.10. The Bertz CT molecular complexity index is 314. The summed E-state index contributed by atoms with van der Waals surface area (Å²) in [7, 11) is 0. The summed E-state index contributed by atoms with van der Waals surface area (Å²) >= 11 is 3.17. The summed E-state index contributed by atoms with van der Waals surface area (Å²) in [5.74, 6) is -0.221. The lowest BCUT2D eigenvalue weighted by molar-refractivity contribution is 0.536. The van der Waals surface area contributed by atoms with Crippen molar-refractivity contribution in [2.24, 2.45) is 5.73 Å². The van der Waals surface area contributed by atoms with Crippen molar-refractivity contribution in [3.63, 3.8) is 0 Å². The van der Waals surface area contributed by atoms with Gasteiger partial charge in [0.1, 0.15) is 5.82 Å². The van der Waals surface area contributed by atoms with Crippen LogP contribution in [0.2, 0.25) is 0 Å². The molecule has 2 N–H and O–H groups in total. The number of benzene rings is 1. The van der Waals surface area contributed by atoms with Gasteiger partial charge in [0.15, 0.2) is 0 Å². The number of rotatable bonds is 5. The molecule has 0 aromatic heterocycles. The number of hydrogen-bond donors (Lipinski definition) is 1. The topological polar surface area (TPSA) is 26.0 Å². The highest BCUT2D eigenvalue weighted by Gasteiger charge is 2.12. The van der Waals surface area contributed by atoms with Crippen molar-refractivity contribution in [1.29, 1.82) is 0 Å². The molecule has 0 aliphatic rings. The zero-order valence-electron chi connectivity index (χ0n) is 8.97. The minimum atomic E-state index is -0.221. The molecule has 3 heteroatoms. The minimum Gasteiger partial charge on any atom is -0.324 e. The minimum absolute atomic E-state index is 0.186. The van der Waals surface area contributed by atoms with Crippen LogP contribution >= 0.6 is 15.9 Å². The first-order valence-electron chi connectivity index (χ1n) is 5.36. The highest BCUT2D eigenvalue weighted by Crippen LogP contribution is 2.25. The lowest BCUT2D eigenvalue weighted by atomic mass is 10.0. The van der Waals surface area contributed by atoms with Crippen LogP contribution in [0.3, 0.4) is 0 Å². The lowest BCUT2D eigenvalue weighted by Gasteiger charge is -2.13. The molecule has 1 aromatic rings. The second-order valence-electron chi connectivity index (χ2n) is 3.75. The molecule has 1 atom stereocenters. The quantitative estimate of drug-likeness (QED) is 0.801. The molecule has 0 amide bonds. The molecule has 0 saturated heterocycles. The SMILES string of the molecule is CCCCCC(N)c1cccc(Br)c1F. The second-order valence-corrected chi connectivity index (χ2v) is 4.60. The van der Waals surface area contributed by atoms with Crippen LogP contribution in [0.4, 0.5) is 4.39 Å². The number of unbranched alkanes of at least 4 members (excludes halogenated alkanes) is 2. The average molecular weight is 274 g/mol. The Labute approximate surface area is 99.0 Å². The molecule has 0 bridgehead atoms. The summed E-state index contributed by atoms with van der Waals surface area (Å²) in [6.07, 6.45) is 4.22. The molecular weight excluding hydrogens is 257 g/mol. The van der Waals surface area contributed by atoms with Crippen molar-refractivity contribution in [2.75, 3.05) is 0 Å². The van der Waals surface area contributed by atoms with Crippen LogP contribution in [0, 0.1) is 5.82 Å². The van der Waals surface area contributed by atoms with E-state index in [-0.39, 0.29) is 11.9 Å². The Hall–Kier alpha value is -0.410. The van der Waals surface area contributed by atoms with E-state index in [9.17, 15) is 4.39 Å². The smallest absolute Gasteiger partial charge is 0.142 e. The summed E-state index contributed by atoms with van der Waals surface area (Å²) in [6.45, 7) is 2.14. The highest BCUT2D eigenvalue weighted by atomic mass is 79.9. The van der Waals surface area contributed by atoms with E-state index >= 15 is 0 Å². The van der Waals surface area contributed by atoms with Gasteiger partial charge in [-0.25, -0.2) is 4.39 Å². The Morgan fingerprint density at radius 1 is 1.40 bits per heavy atom. The zero-order valence-corrected chi connectivity index (χ0v) is 10.6. The van der Waals surface area contributed by atoms with Crippen molar-refractivity contribution in [1.82, 2.24) is 0 Å². The first kappa shape index (κ1) is 12.7. The van der Waals surface area contributed by atoms with Crippen molar-refractivity contribution in [2.45, 2.75) is 38.6 Å². The van der Waals surface area contributed by atoms with Crippen LogP contribution < -0.4 is 5.73 Å². The van der Waals surface area contributed by atoms with Gasteiger partial charge in [-0.05, 0) is 28.4 Å². The molecule has 1 nitrogen and oxygen atoms in total. The molecule has 84 valence electrons. The van der Waals surface area contributed by atoms with Crippen LogP contribution in [-0.4, -0.2) is 0 Å². The van der Waals surface area contributed by atoms with Crippen LogP contribution in [-0.2, 0) is 0 Å². The third kappa shape index (κ3) is 3.58. The summed E-state index contributed by atoms with van der Waals surface area (Å²) in [4.78, 5) is 0. The van der Waals surface area contributed by atoms with E-state index in [4.69, 9.17) is 5.73 Å². The average Bonchev–Trinajstić information content (AvgIpc) is 2.22. The van der Waals surface area contributed by atoms with Gasteiger partial charge in [0.05, 0.1) is 4.47 Å². The summed E-state index contributed by atoms with van der Waals surface area (Å²) in [6, 6.07) is 5.09. The molecule has 0 fully saturated rings. The fourth-order valence-corrected chi connectivity index (χ4v) is 1.96. The Balaban J connectivity index is 2.65. The van der Waals surface area contributed by atoms with Crippen LogP contribution in [0.5, 0.6) is 0 Å². The molecule has 0 heterocycles. The standard InChI is InChI=1S/C12H17BrFN/c1-2-3-4-8-11(15)9-6-5-7-10(13)12(9)14/h5-7,11H,2-4,8,15H2,1H3. The first-order chi connectivity index (χ1) is 7.16. The molecule has 0 aliphatic carbocycles. The normalized spacial score (nSPS) is 12.8. The summed E-state index contributed by atoms with van der Waals surface area (Å²) in [5.41, 5.74) is 6.56. The molecule has 0 saturated carbocycles. The number of nitrogens with two attached hydrogens (primary N) is 1. The molecule has 0 radical (unpaired) electrons. The van der Waals surface area contributed by atoms with E-state index in [0.29, 0.717) is 10.0 Å². The maximum Gasteiger partial charge on any atom is 0.142 e. The van der Waals surface area contributed by atoms with Gasteiger partial charge in [-0.15, -0.1) is 0 Å². The number of hydrogen-bond acceptors (Lipinski definition) is 1. The molecule has 15 heavy (non-hydrogen) atoms. The largest absolute Gasteiger partial charge is 0.324 e. The monoisotopic (exact) mass is 273 g/mol. The van der Waals surface area contributed by atoms with Crippen LogP contribution in [0.1, 0.15) is 44.2 Å². The predicted molar refractivity (Wildman–Crippen MR) is 65.2 cm³/mol. The lowest BCUT2D eigenvalue weighted by Crippen LogP contribution is -2.12. The number of halogens is 2. The second kappa shape index (κ2) is 6.23. The van der Waals surface area contributed by atoms with E-state index in [2.05, 4.69) is 22.9 Å². The van der Waals surface area contributed by atoms with E-state index in [1.54, 1.807) is 12.1 Å². The first-order valence-corrected chi connectivity index (χ1v) is 6.15. The molecule has 0 spiro atoms. The van der Waals surface area contributed by atoms with E-state index < -0.39 is 0 Å². The van der Waals surface area contributed by atoms with Gasteiger partial charge in [-0.3, -0.25) is 0 Å². The van der Waals surface area contributed by atoms with Gasteiger partial charge in [-0.1, -0.05) is 38.3 Å². The van der Waals surface area contributed by atoms with Crippen LogP contribution in [0.15, 0.2) is 22.7 Å². The molecular formula is C12H17BrFN. The van der Waals surface area contributed by atoms with Crippen molar-refractivity contribution in [3.8, 4) is 0 Å². The molecule has 1 unspecified atom stereocenters. The summed E-state index contributed by atoms with van der Waals surface area (Å²) in [5, 5.41) is 0. The van der Waals surface area contributed by atoms with Crippen molar-refractivity contribution in [3.05, 3.63) is 34.1 Å². The van der Waals surface area contributed by atoms with E-state index in [1.807, 2.05) is 6.07 Å². The van der Waals surface area contributed by atoms with Crippen molar-refractivity contribution >= 4 is 15.9 Å². The van der Waals surface area contributed by atoms with Gasteiger partial charge >= 0.3 is 0 Å². The predicted octanol–water partition coefficient (Wildman–Crippen LogP) is 4.17. The van der Waals surface area contributed by atoms with E-state index in [1.165, 1.54) is 0 Å². The zero-order chi connectivity index (χ0) is 11.3. The Kier molecular flexibility index (Phi) is 5.26. The summed E-state index contributed by atoms with van der Waals surface area (Å²) < 4.78 is 14.1. The van der Waals surface area contributed by atoms with Gasteiger partial charge in [-0.2, -0.15) is 0 Å². The third-order valence-electron chi connectivity index (χ3n) is 2.50. The maximum absolute atomic E-state index is 13.6. The van der Waals surface area contributed by atoms with Gasteiger partial charge in [0, 0.05) is 11.6 Å². The molecule has 0 aliphatic heterocycles. The van der Waals surface area contributed by atoms with Gasteiger partial charge in [0.2, 0.25) is 0 Å². The Morgan fingerprint density at radius 2 is 2.13 bits per heavy atom. The Morgan fingerprint density at radius 3 is 2.80 bits per heavy atom. The van der Waals surface area contributed by atoms with Gasteiger partial charge < -0.3 is 5.73 Å². The van der Waals surface area contributed by atoms with Gasteiger partial charge in [0.25, 0.3) is 0 Å². The molecule has 1 aromatic carbocycles. The van der Waals surface area contributed by atoms with Crippen molar-refractivity contribution < 1.29 is 4.39 Å². The van der Waals surface area contributed by atoms with E-state index in [0.717, 1.165) is 25.7 Å². The fourth-order valence-electron chi connectivity index (χ4n) is 1.58. The molecule has 1 rings (SSSR count). The third-order valence-corrected chi connectivity index (χ3v) is 3.11. The van der Waals surface area contributed by atoms with Crippen LogP contribution in [0.25, 0.3) is 0 Å². The fraction of sp³-hybridized carbons (Fsp3) is 0.500. The maximum atomic E-state index is 13.6.